The molecule has 0 amide bonds. The van der Waals surface area contributed by atoms with Gasteiger partial charge >= 0.3 is 0 Å². The van der Waals surface area contributed by atoms with Gasteiger partial charge in [0.25, 0.3) is 0 Å². The van der Waals surface area contributed by atoms with Crippen molar-refractivity contribution in [2.45, 2.75) is 104 Å². The third-order valence-electron chi connectivity index (χ3n) is 4.89. The predicted molar refractivity (Wildman–Crippen MR) is 96.3 cm³/mol. The average molecular weight is 305 g/mol. The van der Waals surface area contributed by atoms with Gasteiger partial charge < -0.3 is 0 Å². The highest BCUT2D eigenvalue weighted by Crippen LogP contribution is 2.34. The van der Waals surface area contributed by atoms with Crippen LogP contribution in [0.15, 0.2) is 12.4 Å². The molecule has 1 atom stereocenters. The van der Waals surface area contributed by atoms with E-state index in [1.807, 2.05) is 6.92 Å². The van der Waals surface area contributed by atoms with Crippen LogP contribution in [0.2, 0.25) is 0 Å². The molecule has 2 heteroatoms. The summed E-state index contributed by atoms with van der Waals surface area (Å²) in [6.45, 7) is 8.95. The van der Waals surface area contributed by atoms with Crippen LogP contribution >= 0.6 is 0 Å². The van der Waals surface area contributed by atoms with E-state index in [-0.39, 0.29) is 5.41 Å². The molecule has 0 aliphatic rings. The second-order valence-electron chi connectivity index (χ2n) is 7.05. The van der Waals surface area contributed by atoms with Gasteiger partial charge in [-0.3, -0.25) is 0 Å². The fourth-order valence-corrected chi connectivity index (χ4v) is 3.18. The summed E-state index contributed by atoms with van der Waals surface area (Å²) in [6.07, 6.45) is 18.8. The molecular weight excluding hydrogens is 268 g/mol. The van der Waals surface area contributed by atoms with Crippen molar-refractivity contribution in [3.8, 4) is 0 Å². The lowest BCUT2D eigenvalue weighted by Gasteiger charge is -2.30. The number of rotatable bonds is 12. The second kappa shape index (κ2) is 10.7. The Hall–Kier alpha value is -0.920. The molecule has 1 rings (SSSR count). The zero-order valence-electron chi connectivity index (χ0n) is 15.3. The SMILES string of the molecule is CCCCCCCC(C)(CCCCCC)c1cnc(C)nc1. The van der Waals surface area contributed by atoms with Crippen molar-refractivity contribution in [1.82, 2.24) is 9.97 Å². The molecule has 126 valence electrons. The highest BCUT2D eigenvalue weighted by atomic mass is 14.8. The minimum absolute atomic E-state index is 0.258. The summed E-state index contributed by atoms with van der Waals surface area (Å²) in [5, 5.41) is 0. The van der Waals surface area contributed by atoms with E-state index < -0.39 is 0 Å². The van der Waals surface area contributed by atoms with Crippen molar-refractivity contribution in [2.75, 3.05) is 0 Å². The topological polar surface area (TPSA) is 25.8 Å². The highest BCUT2D eigenvalue weighted by molar-refractivity contribution is 5.18. The van der Waals surface area contributed by atoms with E-state index in [0.717, 1.165) is 5.82 Å². The summed E-state index contributed by atoms with van der Waals surface area (Å²) < 4.78 is 0. The maximum Gasteiger partial charge on any atom is 0.125 e. The van der Waals surface area contributed by atoms with Crippen LogP contribution in [0.5, 0.6) is 0 Å². The number of aromatic nitrogens is 2. The summed E-state index contributed by atoms with van der Waals surface area (Å²) in [4.78, 5) is 8.87. The first-order chi connectivity index (χ1) is 10.6. The number of unbranched alkanes of at least 4 members (excludes halogenated alkanes) is 7. The molecule has 0 N–H and O–H groups in total. The zero-order chi connectivity index (χ0) is 16.3. The van der Waals surface area contributed by atoms with Crippen molar-refractivity contribution in [2.24, 2.45) is 0 Å². The molecule has 1 unspecified atom stereocenters. The molecule has 0 radical (unpaired) electrons. The maximum atomic E-state index is 4.44. The number of nitrogens with zero attached hydrogens (tertiary/aromatic N) is 2. The van der Waals surface area contributed by atoms with Gasteiger partial charge in [-0.1, -0.05) is 78.6 Å². The van der Waals surface area contributed by atoms with E-state index in [1.54, 1.807) is 0 Å². The lowest BCUT2D eigenvalue weighted by Crippen LogP contribution is -2.23. The number of aryl methyl sites for hydroxylation is 1. The molecule has 2 nitrogen and oxygen atoms in total. The molecule has 0 aliphatic carbocycles. The summed E-state index contributed by atoms with van der Waals surface area (Å²) in [6, 6.07) is 0. The van der Waals surface area contributed by atoms with Crippen molar-refractivity contribution in [3.63, 3.8) is 0 Å². The largest absolute Gasteiger partial charge is 0.241 e. The first-order valence-electron chi connectivity index (χ1n) is 9.41. The zero-order valence-corrected chi connectivity index (χ0v) is 15.3. The number of hydrogen-bond donors (Lipinski definition) is 0. The molecule has 0 aliphatic heterocycles. The molecule has 0 spiro atoms. The Morgan fingerprint density at radius 1 is 0.773 bits per heavy atom. The maximum absolute atomic E-state index is 4.44. The van der Waals surface area contributed by atoms with Gasteiger partial charge in [-0.05, 0) is 30.7 Å². The third-order valence-corrected chi connectivity index (χ3v) is 4.89. The van der Waals surface area contributed by atoms with Gasteiger partial charge in [0.2, 0.25) is 0 Å². The minimum Gasteiger partial charge on any atom is -0.241 e. The molecule has 1 aromatic rings. The van der Waals surface area contributed by atoms with Crippen LogP contribution in [0, 0.1) is 6.92 Å². The minimum atomic E-state index is 0.258. The van der Waals surface area contributed by atoms with Crippen LogP contribution in [0.3, 0.4) is 0 Å². The summed E-state index contributed by atoms with van der Waals surface area (Å²) in [5.74, 6) is 0.875. The molecule has 0 saturated carbocycles. The Morgan fingerprint density at radius 3 is 1.73 bits per heavy atom. The van der Waals surface area contributed by atoms with Crippen LogP contribution in [0.1, 0.15) is 103 Å². The summed E-state index contributed by atoms with van der Waals surface area (Å²) in [7, 11) is 0. The normalized spacial score (nSPS) is 14.0. The van der Waals surface area contributed by atoms with Crippen LogP contribution in [0.4, 0.5) is 0 Å². The molecule has 0 aromatic carbocycles. The summed E-state index contributed by atoms with van der Waals surface area (Å²) in [5.41, 5.74) is 1.60. The van der Waals surface area contributed by atoms with Crippen LogP contribution in [0.25, 0.3) is 0 Å². The highest BCUT2D eigenvalue weighted by Gasteiger charge is 2.26. The van der Waals surface area contributed by atoms with Crippen LogP contribution in [-0.2, 0) is 5.41 Å². The fraction of sp³-hybridized carbons (Fsp3) is 0.800. The Morgan fingerprint density at radius 2 is 1.23 bits per heavy atom. The van der Waals surface area contributed by atoms with Gasteiger partial charge in [0.05, 0.1) is 0 Å². The van der Waals surface area contributed by atoms with E-state index in [2.05, 4.69) is 43.1 Å². The Bertz CT molecular complexity index is 385. The third kappa shape index (κ3) is 6.89. The van der Waals surface area contributed by atoms with Gasteiger partial charge in [0.15, 0.2) is 0 Å². The first-order valence-corrected chi connectivity index (χ1v) is 9.41. The lowest BCUT2D eigenvalue weighted by molar-refractivity contribution is 0.361. The monoisotopic (exact) mass is 304 g/mol. The van der Waals surface area contributed by atoms with Crippen LogP contribution < -0.4 is 0 Å². The van der Waals surface area contributed by atoms with Gasteiger partial charge in [0.1, 0.15) is 5.82 Å². The molecule has 0 fully saturated rings. The molecule has 1 heterocycles. The smallest absolute Gasteiger partial charge is 0.125 e. The van der Waals surface area contributed by atoms with E-state index in [0.29, 0.717) is 0 Å². The van der Waals surface area contributed by atoms with Gasteiger partial charge in [-0.15, -0.1) is 0 Å². The van der Waals surface area contributed by atoms with E-state index >= 15 is 0 Å². The predicted octanol–water partition coefficient (Wildman–Crippen LogP) is 6.37. The van der Waals surface area contributed by atoms with Crippen molar-refractivity contribution in [1.29, 1.82) is 0 Å². The van der Waals surface area contributed by atoms with Crippen molar-refractivity contribution >= 4 is 0 Å². The quantitative estimate of drug-likeness (QED) is 0.419. The molecular formula is C20H36N2. The lowest BCUT2D eigenvalue weighted by atomic mass is 9.75. The Kier molecular flexibility index (Phi) is 9.34. The van der Waals surface area contributed by atoms with Gasteiger partial charge in [-0.2, -0.15) is 0 Å². The van der Waals surface area contributed by atoms with Gasteiger partial charge in [-0.25, -0.2) is 9.97 Å². The first kappa shape index (κ1) is 19.1. The molecule has 0 saturated heterocycles. The van der Waals surface area contributed by atoms with E-state index in [1.165, 1.54) is 76.2 Å². The summed E-state index contributed by atoms with van der Waals surface area (Å²) >= 11 is 0. The van der Waals surface area contributed by atoms with Crippen molar-refractivity contribution < 1.29 is 0 Å². The van der Waals surface area contributed by atoms with Gasteiger partial charge in [0, 0.05) is 12.4 Å². The Balaban J connectivity index is 2.60. The van der Waals surface area contributed by atoms with E-state index in [4.69, 9.17) is 0 Å². The van der Waals surface area contributed by atoms with Crippen molar-refractivity contribution in [3.05, 3.63) is 23.8 Å². The fourth-order valence-electron chi connectivity index (χ4n) is 3.18. The molecule has 0 bridgehead atoms. The second-order valence-corrected chi connectivity index (χ2v) is 7.05. The van der Waals surface area contributed by atoms with Crippen LogP contribution in [-0.4, -0.2) is 9.97 Å². The molecule has 22 heavy (non-hydrogen) atoms. The average Bonchev–Trinajstić information content (AvgIpc) is 2.52. The van der Waals surface area contributed by atoms with E-state index in [9.17, 15) is 0 Å². The molecule has 1 aromatic heterocycles. The Labute approximate surface area is 138 Å². The standard InChI is InChI=1S/C20H36N2/c1-5-7-9-11-13-15-20(4,14-12-10-8-6-2)19-16-21-18(3)22-17-19/h16-17H,5-15H2,1-4H3. The number of hydrogen-bond acceptors (Lipinski definition) is 2.